The summed E-state index contributed by atoms with van der Waals surface area (Å²) in [6.45, 7) is 3.71. The van der Waals surface area contributed by atoms with E-state index < -0.39 is 5.97 Å². The Bertz CT molecular complexity index is 618. The van der Waals surface area contributed by atoms with Crippen molar-refractivity contribution in [3.8, 4) is 11.1 Å². The Hall–Kier alpha value is -2.16. The normalized spacial score (nSPS) is 10.4. The number of aromatic carboxylic acids is 1. The summed E-state index contributed by atoms with van der Waals surface area (Å²) in [7, 11) is 0. The molecule has 0 aliphatic carbocycles. The Kier molecular flexibility index (Phi) is 3.15. The second-order valence-electron chi connectivity index (χ2n) is 4.32. The zero-order valence-corrected chi connectivity index (χ0v) is 10.2. The highest BCUT2D eigenvalue weighted by Crippen LogP contribution is 2.28. The SMILES string of the molecule is Cc1ccc(F)c(-c2cc(C(=O)O)ccc2C)c1. The molecule has 1 N–H and O–H groups in total. The van der Waals surface area contributed by atoms with Gasteiger partial charge in [-0.15, -0.1) is 0 Å². The number of hydrogen-bond acceptors (Lipinski definition) is 1. The molecule has 0 unspecified atom stereocenters. The predicted octanol–water partition coefficient (Wildman–Crippen LogP) is 3.81. The molecule has 0 atom stereocenters. The fourth-order valence-corrected chi connectivity index (χ4v) is 1.89. The zero-order chi connectivity index (χ0) is 13.3. The molecular formula is C15H13FO2. The Morgan fingerprint density at radius 2 is 1.78 bits per heavy atom. The summed E-state index contributed by atoms with van der Waals surface area (Å²) in [6.07, 6.45) is 0. The number of carbonyl (C=O) groups is 1. The van der Waals surface area contributed by atoms with Gasteiger partial charge in [0.2, 0.25) is 0 Å². The minimum atomic E-state index is -1.01. The van der Waals surface area contributed by atoms with Gasteiger partial charge in [0.25, 0.3) is 0 Å². The predicted molar refractivity (Wildman–Crippen MR) is 68.3 cm³/mol. The van der Waals surface area contributed by atoms with Gasteiger partial charge in [0.1, 0.15) is 5.82 Å². The summed E-state index contributed by atoms with van der Waals surface area (Å²) in [4.78, 5) is 11.0. The van der Waals surface area contributed by atoms with Crippen molar-refractivity contribution >= 4 is 5.97 Å². The molecule has 2 aromatic rings. The number of benzene rings is 2. The van der Waals surface area contributed by atoms with Crippen LogP contribution in [0.25, 0.3) is 11.1 Å². The molecule has 0 radical (unpaired) electrons. The quantitative estimate of drug-likeness (QED) is 0.872. The maximum absolute atomic E-state index is 13.8. The maximum Gasteiger partial charge on any atom is 0.335 e. The third kappa shape index (κ3) is 2.25. The van der Waals surface area contributed by atoms with E-state index in [1.807, 2.05) is 13.8 Å². The van der Waals surface area contributed by atoms with Gasteiger partial charge in [-0.25, -0.2) is 9.18 Å². The van der Waals surface area contributed by atoms with Crippen LogP contribution in [0.5, 0.6) is 0 Å². The van der Waals surface area contributed by atoms with Crippen LogP contribution in [0.1, 0.15) is 21.5 Å². The van der Waals surface area contributed by atoms with Gasteiger partial charge in [0, 0.05) is 5.56 Å². The summed E-state index contributed by atoms with van der Waals surface area (Å²) in [5, 5.41) is 8.98. The van der Waals surface area contributed by atoms with E-state index in [4.69, 9.17) is 5.11 Å². The topological polar surface area (TPSA) is 37.3 Å². The van der Waals surface area contributed by atoms with Gasteiger partial charge < -0.3 is 5.11 Å². The molecule has 2 aromatic carbocycles. The van der Waals surface area contributed by atoms with Crippen LogP contribution < -0.4 is 0 Å². The van der Waals surface area contributed by atoms with E-state index in [1.54, 1.807) is 18.2 Å². The average Bonchev–Trinajstić information content (AvgIpc) is 2.33. The Morgan fingerprint density at radius 3 is 2.44 bits per heavy atom. The number of carboxylic acid groups (broad SMARTS) is 1. The van der Waals surface area contributed by atoms with Crippen LogP contribution in [0.2, 0.25) is 0 Å². The van der Waals surface area contributed by atoms with Crippen LogP contribution in [0, 0.1) is 19.7 Å². The highest BCUT2D eigenvalue weighted by atomic mass is 19.1. The minimum absolute atomic E-state index is 0.163. The fourth-order valence-electron chi connectivity index (χ4n) is 1.89. The van der Waals surface area contributed by atoms with E-state index in [2.05, 4.69) is 0 Å². The van der Waals surface area contributed by atoms with Gasteiger partial charge in [-0.2, -0.15) is 0 Å². The van der Waals surface area contributed by atoms with Crippen molar-refractivity contribution in [3.63, 3.8) is 0 Å². The van der Waals surface area contributed by atoms with Crippen LogP contribution >= 0.6 is 0 Å². The summed E-state index contributed by atoms with van der Waals surface area (Å²) in [5.41, 5.74) is 3.01. The zero-order valence-electron chi connectivity index (χ0n) is 10.2. The second kappa shape index (κ2) is 4.61. The number of halogens is 1. The van der Waals surface area contributed by atoms with E-state index in [-0.39, 0.29) is 11.4 Å². The highest BCUT2D eigenvalue weighted by Gasteiger charge is 2.11. The second-order valence-corrected chi connectivity index (χ2v) is 4.32. The van der Waals surface area contributed by atoms with Crippen LogP contribution in [-0.4, -0.2) is 11.1 Å². The molecule has 2 rings (SSSR count). The molecule has 0 spiro atoms. The number of aryl methyl sites for hydroxylation is 2. The summed E-state index contributed by atoms with van der Waals surface area (Å²) in [5.74, 6) is -1.35. The van der Waals surface area contributed by atoms with Gasteiger partial charge in [0.05, 0.1) is 5.56 Å². The molecular weight excluding hydrogens is 231 g/mol. The molecule has 92 valence electrons. The molecule has 0 bridgehead atoms. The molecule has 0 saturated carbocycles. The first kappa shape index (κ1) is 12.3. The summed E-state index contributed by atoms with van der Waals surface area (Å²) in [6, 6.07) is 9.54. The summed E-state index contributed by atoms with van der Waals surface area (Å²) >= 11 is 0. The first-order valence-electron chi connectivity index (χ1n) is 5.59. The number of hydrogen-bond donors (Lipinski definition) is 1. The van der Waals surface area contributed by atoms with E-state index >= 15 is 0 Å². The van der Waals surface area contributed by atoms with Gasteiger partial charge in [0.15, 0.2) is 0 Å². The molecule has 2 nitrogen and oxygen atoms in total. The lowest BCUT2D eigenvalue weighted by atomic mass is 9.96. The highest BCUT2D eigenvalue weighted by molar-refractivity contribution is 5.90. The number of carboxylic acids is 1. The van der Waals surface area contributed by atoms with Gasteiger partial charge in [-0.3, -0.25) is 0 Å². The third-order valence-corrected chi connectivity index (χ3v) is 2.90. The van der Waals surface area contributed by atoms with Crippen molar-refractivity contribution in [2.45, 2.75) is 13.8 Å². The third-order valence-electron chi connectivity index (χ3n) is 2.90. The van der Waals surface area contributed by atoms with Gasteiger partial charge >= 0.3 is 5.97 Å². The van der Waals surface area contributed by atoms with E-state index in [1.165, 1.54) is 18.2 Å². The molecule has 18 heavy (non-hydrogen) atoms. The van der Waals surface area contributed by atoms with Crippen molar-refractivity contribution in [1.82, 2.24) is 0 Å². The first-order valence-corrected chi connectivity index (χ1v) is 5.59. The monoisotopic (exact) mass is 244 g/mol. The first-order chi connectivity index (χ1) is 8.49. The van der Waals surface area contributed by atoms with Crippen LogP contribution in [0.4, 0.5) is 4.39 Å². The Balaban J connectivity index is 2.66. The van der Waals surface area contributed by atoms with Crippen molar-refractivity contribution in [1.29, 1.82) is 0 Å². The van der Waals surface area contributed by atoms with Crippen molar-refractivity contribution in [2.75, 3.05) is 0 Å². The van der Waals surface area contributed by atoms with Crippen molar-refractivity contribution < 1.29 is 14.3 Å². The molecule has 0 heterocycles. The molecule has 0 saturated heterocycles. The number of rotatable bonds is 2. The van der Waals surface area contributed by atoms with E-state index in [0.29, 0.717) is 11.1 Å². The molecule has 0 aliphatic rings. The maximum atomic E-state index is 13.8. The van der Waals surface area contributed by atoms with Crippen molar-refractivity contribution in [3.05, 3.63) is 58.9 Å². The Morgan fingerprint density at radius 1 is 1.06 bits per heavy atom. The lowest BCUT2D eigenvalue weighted by Gasteiger charge is -2.09. The Labute approximate surface area is 105 Å². The lowest BCUT2D eigenvalue weighted by molar-refractivity contribution is 0.0697. The molecule has 0 aromatic heterocycles. The van der Waals surface area contributed by atoms with Gasteiger partial charge in [-0.05, 0) is 49.2 Å². The van der Waals surface area contributed by atoms with Crippen molar-refractivity contribution in [2.24, 2.45) is 0 Å². The fraction of sp³-hybridized carbons (Fsp3) is 0.133. The average molecular weight is 244 g/mol. The smallest absolute Gasteiger partial charge is 0.335 e. The largest absolute Gasteiger partial charge is 0.478 e. The van der Waals surface area contributed by atoms with E-state index in [0.717, 1.165) is 11.1 Å². The summed E-state index contributed by atoms with van der Waals surface area (Å²) < 4.78 is 13.8. The molecule has 0 fully saturated rings. The minimum Gasteiger partial charge on any atom is -0.478 e. The van der Waals surface area contributed by atoms with Crippen LogP contribution in [0.15, 0.2) is 36.4 Å². The molecule has 0 aliphatic heterocycles. The van der Waals surface area contributed by atoms with Crippen LogP contribution in [0.3, 0.4) is 0 Å². The molecule has 3 heteroatoms. The molecule has 0 amide bonds. The standard InChI is InChI=1S/C15H13FO2/c1-9-3-6-14(16)13(7-9)12-8-11(15(17)18)5-4-10(12)2/h3-8H,1-2H3,(H,17,18). The lowest BCUT2D eigenvalue weighted by Crippen LogP contribution is -1.98. The van der Waals surface area contributed by atoms with Gasteiger partial charge in [-0.1, -0.05) is 17.7 Å². The van der Waals surface area contributed by atoms with E-state index in [9.17, 15) is 9.18 Å². The van der Waals surface area contributed by atoms with Crippen LogP contribution in [-0.2, 0) is 0 Å².